The highest BCUT2D eigenvalue weighted by atomic mass is 19.2. The first-order chi connectivity index (χ1) is 10.0. The predicted molar refractivity (Wildman–Crippen MR) is 71.8 cm³/mol. The molecule has 0 fully saturated rings. The van der Waals surface area contributed by atoms with Gasteiger partial charge in [-0.3, -0.25) is 10.1 Å². The number of non-ortho nitro benzene ring substituents is 1. The molecule has 3 rings (SSSR count). The third-order valence-electron chi connectivity index (χ3n) is 3.16. The average Bonchev–Trinajstić information content (AvgIpc) is 2.82. The number of nitrogens with zero attached hydrogens (tertiary/aromatic N) is 3. The highest BCUT2D eigenvalue weighted by Gasteiger charge is 2.10. The molecule has 0 aliphatic carbocycles. The van der Waals surface area contributed by atoms with E-state index in [1.165, 1.54) is 18.5 Å². The van der Waals surface area contributed by atoms with E-state index in [0.29, 0.717) is 17.6 Å². The minimum atomic E-state index is -0.942. The fraction of sp³-hybridized carbons (Fsp3) is 0.0714. The molecule has 1 aromatic heterocycles. The van der Waals surface area contributed by atoms with Gasteiger partial charge in [-0.2, -0.15) is 0 Å². The second-order valence-electron chi connectivity index (χ2n) is 4.55. The smallest absolute Gasteiger partial charge is 0.269 e. The molecule has 106 valence electrons. The summed E-state index contributed by atoms with van der Waals surface area (Å²) in [4.78, 5) is 14.1. The molecular formula is C14H9F2N3O2. The predicted octanol–water partition coefficient (Wildman–Crippen LogP) is 3.27. The molecule has 0 aliphatic rings. The molecule has 0 atom stereocenters. The normalized spacial score (nSPS) is 11.0. The molecule has 0 spiro atoms. The average molecular weight is 289 g/mol. The van der Waals surface area contributed by atoms with Gasteiger partial charge in [0.25, 0.3) is 5.69 Å². The van der Waals surface area contributed by atoms with E-state index in [9.17, 15) is 18.9 Å². The first kappa shape index (κ1) is 13.2. The second-order valence-corrected chi connectivity index (χ2v) is 4.55. The minimum absolute atomic E-state index is 0.00218. The fourth-order valence-electron chi connectivity index (χ4n) is 2.10. The highest BCUT2D eigenvalue weighted by molar-refractivity contribution is 5.75. The van der Waals surface area contributed by atoms with Gasteiger partial charge in [-0.05, 0) is 5.56 Å². The number of benzene rings is 2. The third-order valence-corrected chi connectivity index (χ3v) is 3.16. The Bertz CT molecular complexity index is 828. The van der Waals surface area contributed by atoms with Crippen LogP contribution in [-0.2, 0) is 6.54 Å². The quantitative estimate of drug-likeness (QED) is 0.549. The monoisotopic (exact) mass is 289 g/mol. The van der Waals surface area contributed by atoms with E-state index in [-0.39, 0.29) is 5.69 Å². The minimum Gasteiger partial charge on any atom is -0.326 e. The molecule has 0 saturated carbocycles. The second kappa shape index (κ2) is 4.93. The molecule has 0 unspecified atom stereocenters. The number of imidazole rings is 1. The van der Waals surface area contributed by atoms with E-state index in [0.717, 1.165) is 17.7 Å². The molecule has 1 heterocycles. The molecule has 0 aliphatic heterocycles. The van der Waals surface area contributed by atoms with Gasteiger partial charge in [0.15, 0.2) is 11.6 Å². The molecule has 5 nitrogen and oxygen atoms in total. The number of hydrogen-bond acceptors (Lipinski definition) is 3. The summed E-state index contributed by atoms with van der Waals surface area (Å²) in [6.45, 7) is 0.361. The largest absolute Gasteiger partial charge is 0.326 e. The zero-order valence-electron chi connectivity index (χ0n) is 10.7. The van der Waals surface area contributed by atoms with Gasteiger partial charge in [0.1, 0.15) is 0 Å². The van der Waals surface area contributed by atoms with Crippen LogP contribution in [0, 0.1) is 21.7 Å². The lowest BCUT2D eigenvalue weighted by molar-refractivity contribution is -0.384. The lowest BCUT2D eigenvalue weighted by atomic mass is 10.2. The summed E-state index contributed by atoms with van der Waals surface area (Å²) in [6.07, 6.45) is 1.48. The topological polar surface area (TPSA) is 61.0 Å². The molecular weight excluding hydrogens is 280 g/mol. The summed E-state index contributed by atoms with van der Waals surface area (Å²) in [6, 6.07) is 8.15. The van der Waals surface area contributed by atoms with Crippen LogP contribution in [0.15, 0.2) is 42.7 Å². The van der Waals surface area contributed by atoms with Gasteiger partial charge in [-0.1, -0.05) is 12.1 Å². The van der Waals surface area contributed by atoms with Crippen LogP contribution in [0.1, 0.15) is 5.56 Å². The van der Waals surface area contributed by atoms with Crippen molar-refractivity contribution in [2.24, 2.45) is 0 Å². The Morgan fingerprint density at radius 3 is 2.48 bits per heavy atom. The number of hydrogen-bond donors (Lipinski definition) is 0. The molecule has 0 amide bonds. The Morgan fingerprint density at radius 1 is 1.14 bits per heavy atom. The first-order valence-corrected chi connectivity index (χ1v) is 6.08. The number of halogens is 2. The molecule has 3 aromatic rings. The Balaban J connectivity index is 1.94. The van der Waals surface area contributed by atoms with Crippen molar-refractivity contribution < 1.29 is 13.7 Å². The van der Waals surface area contributed by atoms with Gasteiger partial charge in [0.05, 0.1) is 22.3 Å². The van der Waals surface area contributed by atoms with Gasteiger partial charge in [-0.15, -0.1) is 0 Å². The third kappa shape index (κ3) is 2.45. The van der Waals surface area contributed by atoms with Crippen LogP contribution in [0.25, 0.3) is 11.0 Å². The Hall–Kier alpha value is -2.83. The Morgan fingerprint density at radius 2 is 1.81 bits per heavy atom. The maximum atomic E-state index is 13.3. The Labute approximate surface area is 117 Å². The number of nitro benzene ring substituents is 1. The Kier molecular flexibility index (Phi) is 3.09. The van der Waals surface area contributed by atoms with Gasteiger partial charge in [0, 0.05) is 30.8 Å². The standard InChI is InChI=1S/C14H9F2N3O2/c15-11-5-13-14(6-12(11)16)18(8-17-13)7-9-1-3-10(4-2-9)19(20)21/h1-6,8H,7H2. The molecule has 0 N–H and O–H groups in total. The van der Waals surface area contributed by atoms with Gasteiger partial charge in [0.2, 0.25) is 0 Å². The molecule has 2 aromatic carbocycles. The van der Waals surface area contributed by atoms with E-state index >= 15 is 0 Å². The molecule has 0 radical (unpaired) electrons. The first-order valence-electron chi connectivity index (χ1n) is 6.08. The summed E-state index contributed by atoms with van der Waals surface area (Å²) in [5.41, 5.74) is 1.62. The van der Waals surface area contributed by atoms with Gasteiger partial charge >= 0.3 is 0 Å². The van der Waals surface area contributed by atoms with Crippen LogP contribution >= 0.6 is 0 Å². The molecule has 0 saturated heterocycles. The van der Waals surface area contributed by atoms with Crippen LogP contribution in [0.4, 0.5) is 14.5 Å². The van der Waals surface area contributed by atoms with Crippen LogP contribution in [0.5, 0.6) is 0 Å². The number of rotatable bonds is 3. The van der Waals surface area contributed by atoms with Crippen molar-refractivity contribution >= 4 is 16.7 Å². The van der Waals surface area contributed by atoms with Crippen LogP contribution in [0.3, 0.4) is 0 Å². The van der Waals surface area contributed by atoms with Crippen LogP contribution in [-0.4, -0.2) is 14.5 Å². The van der Waals surface area contributed by atoms with Crippen molar-refractivity contribution in [1.29, 1.82) is 0 Å². The van der Waals surface area contributed by atoms with E-state index in [4.69, 9.17) is 0 Å². The SMILES string of the molecule is O=[N+]([O-])c1ccc(Cn2cnc3cc(F)c(F)cc32)cc1. The molecule has 7 heteroatoms. The number of fused-ring (bicyclic) bond motifs is 1. The number of nitro groups is 1. The summed E-state index contributed by atoms with van der Waals surface area (Å²) in [5.74, 6) is -1.88. The molecule has 21 heavy (non-hydrogen) atoms. The van der Waals surface area contributed by atoms with E-state index in [1.54, 1.807) is 16.7 Å². The lowest BCUT2D eigenvalue weighted by Crippen LogP contribution is -1.99. The maximum absolute atomic E-state index is 13.3. The zero-order valence-corrected chi connectivity index (χ0v) is 10.7. The van der Waals surface area contributed by atoms with E-state index in [2.05, 4.69) is 4.98 Å². The zero-order chi connectivity index (χ0) is 15.0. The fourth-order valence-corrected chi connectivity index (χ4v) is 2.10. The lowest BCUT2D eigenvalue weighted by Gasteiger charge is -2.04. The van der Waals surface area contributed by atoms with Gasteiger partial charge < -0.3 is 4.57 Å². The van der Waals surface area contributed by atoms with Gasteiger partial charge in [-0.25, -0.2) is 13.8 Å². The summed E-state index contributed by atoms with van der Waals surface area (Å²) in [7, 11) is 0. The van der Waals surface area contributed by atoms with Crippen molar-refractivity contribution in [2.45, 2.75) is 6.54 Å². The van der Waals surface area contributed by atoms with E-state index in [1.807, 2.05) is 0 Å². The maximum Gasteiger partial charge on any atom is 0.269 e. The van der Waals surface area contributed by atoms with Crippen molar-refractivity contribution in [3.8, 4) is 0 Å². The van der Waals surface area contributed by atoms with Crippen molar-refractivity contribution in [1.82, 2.24) is 9.55 Å². The van der Waals surface area contributed by atoms with Crippen LogP contribution < -0.4 is 0 Å². The summed E-state index contributed by atoms with van der Waals surface area (Å²) >= 11 is 0. The van der Waals surface area contributed by atoms with E-state index < -0.39 is 16.6 Å². The summed E-state index contributed by atoms with van der Waals surface area (Å²) < 4.78 is 28.1. The van der Waals surface area contributed by atoms with Crippen molar-refractivity contribution in [3.63, 3.8) is 0 Å². The highest BCUT2D eigenvalue weighted by Crippen LogP contribution is 2.19. The molecule has 0 bridgehead atoms. The number of aromatic nitrogens is 2. The summed E-state index contributed by atoms with van der Waals surface area (Å²) in [5, 5.41) is 10.6. The van der Waals surface area contributed by atoms with Crippen molar-refractivity contribution in [3.05, 3.63) is 70.0 Å². The van der Waals surface area contributed by atoms with Crippen LogP contribution in [0.2, 0.25) is 0 Å². The van der Waals surface area contributed by atoms with Crippen molar-refractivity contribution in [2.75, 3.05) is 0 Å².